The molecule has 0 amide bonds. The Morgan fingerprint density at radius 2 is 2.25 bits per heavy atom. The number of carbonyl (C=O) groups is 1. The van der Waals surface area contributed by atoms with Crippen molar-refractivity contribution >= 4 is 5.97 Å². The van der Waals surface area contributed by atoms with Gasteiger partial charge in [-0.15, -0.1) is 0 Å². The van der Waals surface area contributed by atoms with Crippen molar-refractivity contribution in [2.75, 3.05) is 6.79 Å². The molecule has 4 nitrogen and oxygen atoms in total. The van der Waals surface area contributed by atoms with Crippen LogP contribution in [0.4, 0.5) is 0 Å². The van der Waals surface area contributed by atoms with Gasteiger partial charge in [0.25, 0.3) is 0 Å². The average molecular weight is 220 g/mol. The first-order valence-electron chi connectivity index (χ1n) is 5.41. The van der Waals surface area contributed by atoms with Crippen LogP contribution in [-0.4, -0.2) is 17.9 Å². The minimum absolute atomic E-state index is 0.240. The van der Waals surface area contributed by atoms with E-state index < -0.39 is 11.9 Å². The lowest BCUT2D eigenvalue weighted by Crippen LogP contribution is -2.18. The van der Waals surface area contributed by atoms with Crippen LogP contribution in [0.25, 0.3) is 0 Å². The fourth-order valence-electron chi connectivity index (χ4n) is 2.52. The average Bonchev–Trinajstić information content (AvgIpc) is 2.76. The van der Waals surface area contributed by atoms with E-state index in [1.807, 2.05) is 12.1 Å². The maximum absolute atomic E-state index is 11.1. The number of rotatable bonds is 1. The van der Waals surface area contributed by atoms with Gasteiger partial charge in [-0.2, -0.15) is 0 Å². The van der Waals surface area contributed by atoms with Crippen molar-refractivity contribution in [1.82, 2.24) is 0 Å². The minimum atomic E-state index is -0.750. The van der Waals surface area contributed by atoms with Gasteiger partial charge in [-0.1, -0.05) is 6.07 Å². The number of hydrogen-bond acceptors (Lipinski definition) is 3. The Labute approximate surface area is 92.8 Å². The monoisotopic (exact) mass is 220 g/mol. The molecule has 1 aromatic carbocycles. The molecule has 84 valence electrons. The highest BCUT2D eigenvalue weighted by Gasteiger charge is 2.31. The summed E-state index contributed by atoms with van der Waals surface area (Å²) in [6.07, 6.45) is 2.48. The number of aliphatic carboxylic acids is 1. The molecule has 16 heavy (non-hydrogen) atoms. The van der Waals surface area contributed by atoms with Crippen LogP contribution in [-0.2, 0) is 11.2 Å². The van der Waals surface area contributed by atoms with Crippen LogP contribution in [0, 0.1) is 0 Å². The number of hydrogen-bond donors (Lipinski definition) is 1. The Morgan fingerprint density at radius 1 is 1.38 bits per heavy atom. The van der Waals surface area contributed by atoms with E-state index in [4.69, 9.17) is 14.6 Å². The predicted octanol–water partition coefficient (Wildman–Crippen LogP) is 1.92. The van der Waals surface area contributed by atoms with Crippen LogP contribution in [0.2, 0.25) is 0 Å². The van der Waals surface area contributed by atoms with E-state index in [1.54, 1.807) is 0 Å². The number of ether oxygens (including phenoxy) is 2. The predicted molar refractivity (Wildman–Crippen MR) is 55.9 cm³/mol. The standard InChI is InChI=1S/C12H12O4/c13-12(14)9-3-1-2-8-7(9)4-5-10-11(8)16-6-15-10/h4-5,9H,1-3,6H2,(H,13,14). The first-order chi connectivity index (χ1) is 7.77. The largest absolute Gasteiger partial charge is 0.481 e. The molecule has 0 aromatic heterocycles. The molecular weight excluding hydrogens is 208 g/mol. The molecule has 0 saturated heterocycles. The molecule has 1 unspecified atom stereocenters. The van der Waals surface area contributed by atoms with Gasteiger partial charge in [0.15, 0.2) is 11.5 Å². The Morgan fingerprint density at radius 3 is 3.06 bits per heavy atom. The second-order valence-corrected chi connectivity index (χ2v) is 4.15. The number of carboxylic acid groups (broad SMARTS) is 1. The molecule has 1 atom stereocenters. The highest BCUT2D eigenvalue weighted by Crippen LogP contribution is 2.43. The van der Waals surface area contributed by atoms with E-state index in [0.29, 0.717) is 6.42 Å². The normalized spacial score (nSPS) is 21.6. The molecule has 0 saturated carbocycles. The summed E-state index contributed by atoms with van der Waals surface area (Å²) in [4.78, 5) is 11.1. The van der Waals surface area contributed by atoms with Crippen molar-refractivity contribution in [3.8, 4) is 11.5 Å². The molecule has 1 heterocycles. The van der Waals surface area contributed by atoms with Gasteiger partial charge < -0.3 is 14.6 Å². The fourth-order valence-corrected chi connectivity index (χ4v) is 2.52. The Balaban J connectivity index is 2.13. The van der Waals surface area contributed by atoms with Crippen LogP contribution in [0.3, 0.4) is 0 Å². The molecule has 0 fully saturated rings. The lowest BCUT2D eigenvalue weighted by atomic mass is 9.82. The van der Waals surface area contributed by atoms with E-state index in [0.717, 1.165) is 35.5 Å². The summed E-state index contributed by atoms with van der Waals surface area (Å²) >= 11 is 0. The highest BCUT2D eigenvalue weighted by molar-refractivity contribution is 5.78. The number of benzene rings is 1. The van der Waals surface area contributed by atoms with Crippen LogP contribution in [0.1, 0.15) is 29.9 Å². The lowest BCUT2D eigenvalue weighted by Gasteiger charge is -2.23. The molecule has 4 heteroatoms. The second kappa shape index (κ2) is 3.40. The SMILES string of the molecule is O=C(O)C1CCCc2c1ccc1c2OCO1. The smallest absolute Gasteiger partial charge is 0.310 e. The molecule has 1 N–H and O–H groups in total. The summed E-state index contributed by atoms with van der Waals surface area (Å²) in [5.41, 5.74) is 1.91. The summed E-state index contributed by atoms with van der Waals surface area (Å²) in [6.45, 7) is 0.240. The summed E-state index contributed by atoms with van der Waals surface area (Å²) < 4.78 is 10.7. The molecule has 2 aliphatic rings. The van der Waals surface area contributed by atoms with Crippen molar-refractivity contribution in [3.63, 3.8) is 0 Å². The first-order valence-corrected chi connectivity index (χ1v) is 5.41. The van der Waals surface area contributed by atoms with Crippen LogP contribution < -0.4 is 9.47 Å². The maximum atomic E-state index is 11.1. The highest BCUT2D eigenvalue weighted by atomic mass is 16.7. The van der Waals surface area contributed by atoms with Gasteiger partial charge in [-0.05, 0) is 30.9 Å². The van der Waals surface area contributed by atoms with E-state index in [9.17, 15) is 4.79 Å². The van der Waals surface area contributed by atoms with Crippen LogP contribution in [0.15, 0.2) is 12.1 Å². The van der Waals surface area contributed by atoms with Crippen LogP contribution >= 0.6 is 0 Å². The van der Waals surface area contributed by atoms with E-state index >= 15 is 0 Å². The van der Waals surface area contributed by atoms with Crippen LogP contribution in [0.5, 0.6) is 11.5 Å². The van der Waals surface area contributed by atoms with Gasteiger partial charge in [-0.25, -0.2) is 0 Å². The van der Waals surface area contributed by atoms with Crippen molar-refractivity contribution < 1.29 is 19.4 Å². The summed E-state index contributed by atoms with van der Waals surface area (Å²) in [6, 6.07) is 3.67. The molecule has 0 radical (unpaired) electrons. The molecule has 0 bridgehead atoms. The van der Waals surface area contributed by atoms with E-state index in [2.05, 4.69) is 0 Å². The zero-order valence-electron chi connectivity index (χ0n) is 8.73. The molecule has 0 spiro atoms. The summed E-state index contributed by atoms with van der Waals surface area (Å²) in [7, 11) is 0. The van der Waals surface area contributed by atoms with Gasteiger partial charge >= 0.3 is 5.97 Å². The van der Waals surface area contributed by atoms with Gasteiger partial charge in [0.2, 0.25) is 6.79 Å². The lowest BCUT2D eigenvalue weighted by molar-refractivity contribution is -0.139. The fraction of sp³-hybridized carbons (Fsp3) is 0.417. The number of carboxylic acids is 1. The minimum Gasteiger partial charge on any atom is -0.481 e. The quantitative estimate of drug-likeness (QED) is 0.785. The van der Waals surface area contributed by atoms with E-state index in [-0.39, 0.29) is 6.79 Å². The molecule has 3 rings (SSSR count). The summed E-state index contributed by atoms with van der Waals surface area (Å²) in [5, 5.41) is 9.16. The third kappa shape index (κ3) is 1.26. The molecular formula is C12H12O4. The van der Waals surface area contributed by atoms with Crippen molar-refractivity contribution in [3.05, 3.63) is 23.3 Å². The zero-order valence-corrected chi connectivity index (χ0v) is 8.73. The molecule has 1 aliphatic heterocycles. The van der Waals surface area contributed by atoms with Crippen molar-refractivity contribution in [1.29, 1.82) is 0 Å². The Hall–Kier alpha value is -1.71. The third-order valence-electron chi connectivity index (χ3n) is 3.27. The Bertz CT molecular complexity index is 453. The van der Waals surface area contributed by atoms with Crippen molar-refractivity contribution in [2.45, 2.75) is 25.2 Å². The second-order valence-electron chi connectivity index (χ2n) is 4.15. The molecule has 1 aliphatic carbocycles. The third-order valence-corrected chi connectivity index (χ3v) is 3.27. The number of fused-ring (bicyclic) bond motifs is 3. The topological polar surface area (TPSA) is 55.8 Å². The van der Waals surface area contributed by atoms with Crippen molar-refractivity contribution in [2.24, 2.45) is 0 Å². The maximum Gasteiger partial charge on any atom is 0.310 e. The van der Waals surface area contributed by atoms with Gasteiger partial charge in [0.1, 0.15) is 0 Å². The first kappa shape index (κ1) is 9.51. The summed E-state index contributed by atoms with van der Waals surface area (Å²) in [5.74, 6) is 0.353. The van der Waals surface area contributed by atoms with Gasteiger partial charge in [0, 0.05) is 5.56 Å². The van der Waals surface area contributed by atoms with E-state index in [1.165, 1.54) is 0 Å². The Kier molecular flexibility index (Phi) is 2.02. The van der Waals surface area contributed by atoms with Gasteiger partial charge in [0.05, 0.1) is 5.92 Å². The zero-order chi connectivity index (χ0) is 11.1. The molecule has 1 aromatic rings. The van der Waals surface area contributed by atoms with Gasteiger partial charge in [-0.3, -0.25) is 4.79 Å².